The highest BCUT2D eigenvalue weighted by atomic mass is 16.5. The first-order valence-electron chi connectivity index (χ1n) is 5.80. The van der Waals surface area contributed by atoms with Crippen LogP contribution in [0.25, 0.3) is 0 Å². The summed E-state index contributed by atoms with van der Waals surface area (Å²) in [6, 6.07) is 11.1. The molecule has 1 saturated heterocycles. The van der Waals surface area contributed by atoms with E-state index in [1.54, 1.807) is 0 Å². The lowest BCUT2D eigenvalue weighted by atomic mass is 10.0. The van der Waals surface area contributed by atoms with Gasteiger partial charge >= 0.3 is 0 Å². The Labute approximate surface area is 91.6 Å². The molecule has 0 aliphatic carbocycles. The molecule has 2 nitrogen and oxygen atoms in total. The molecule has 0 spiro atoms. The summed E-state index contributed by atoms with van der Waals surface area (Å²) in [5.41, 5.74) is 1.37. The molecule has 1 aliphatic heterocycles. The van der Waals surface area contributed by atoms with Gasteiger partial charge in [-0.05, 0) is 18.4 Å². The zero-order chi connectivity index (χ0) is 10.5. The molecular weight excluding hydrogens is 186 g/mol. The summed E-state index contributed by atoms with van der Waals surface area (Å²) in [5, 5.41) is 3.57. The highest BCUT2D eigenvalue weighted by Gasteiger charge is 2.17. The van der Waals surface area contributed by atoms with Gasteiger partial charge in [0.15, 0.2) is 0 Å². The second-order valence-corrected chi connectivity index (χ2v) is 4.06. The number of hydrogen-bond donors (Lipinski definition) is 1. The highest BCUT2D eigenvalue weighted by Crippen LogP contribution is 2.19. The van der Waals surface area contributed by atoms with E-state index in [1.807, 2.05) is 0 Å². The summed E-state index contributed by atoms with van der Waals surface area (Å²) in [7, 11) is 0. The Balaban J connectivity index is 2.00. The summed E-state index contributed by atoms with van der Waals surface area (Å²) in [5.74, 6) is 0. The van der Waals surface area contributed by atoms with Crippen molar-refractivity contribution in [2.24, 2.45) is 0 Å². The number of benzene rings is 1. The Bertz CT molecular complexity index is 286. The van der Waals surface area contributed by atoms with E-state index in [4.69, 9.17) is 4.74 Å². The molecule has 1 fully saturated rings. The molecule has 0 saturated carbocycles. The Kier molecular flexibility index (Phi) is 3.75. The summed E-state index contributed by atoms with van der Waals surface area (Å²) in [4.78, 5) is 0. The second kappa shape index (κ2) is 5.29. The topological polar surface area (TPSA) is 21.3 Å². The molecule has 1 aromatic rings. The number of rotatable bonds is 2. The maximum absolute atomic E-state index is 5.74. The van der Waals surface area contributed by atoms with Crippen LogP contribution >= 0.6 is 0 Å². The van der Waals surface area contributed by atoms with Crippen molar-refractivity contribution in [2.75, 3.05) is 13.2 Å². The SMILES string of the molecule is CCC1CNC(c2ccccc2)CCO1. The molecule has 1 aliphatic rings. The number of ether oxygens (including phenoxy) is 1. The molecule has 2 unspecified atom stereocenters. The van der Waals surface area contributed by atoms with Crippen molar-refractivity contribution in [1.29, 1.82) is 0 Å². The fourth-order valence-electron chi connectivity index (χ4n) is 2.02. The minimum Gasteiger partial charge on any atom is -0.377 e. The predicted molar refractivity (Wildman–Crippen MR) is 61.8 cm³/mol. The summed E-state index contributed by atoms with van der Waals surface area (Å²) in [6.07, 6.45) is 2.55. The average molecular weight is 205 g/mol. The van der Waals surface area contributed by atoms with E-state index in [1.165, 1.54) is 5.56 Å². The van der Waals surface area contributed by atoms with Crippen molar-refractivity contribution in [3.8, 4) is 0 Å². The molecule has 0 aromatic heterocycles. The van der Waals surface area contributed by atoms with Crippen LogP contribution in [-0.4, -0.2) is 19.3 Å². The van der Waals surface area contributed by atoms with Crippen LogP contribution in [0.5, 0.6) is 0 Å². The van der Waals surface area contributed by atoms with Gasteiger partial charge < -0.3 is 10.1 Å². The molecule has 1 N–H and O–H groups in total. The van der Waals surface area contributed by atoms with Crippen molar-refractivity contribution < 1.29 is 4.74 Å². The smallest absolute Gasteiger partial charge is 0.0697 e. The monoisotopic (exact) mass is 205 g/mol. The van der Waals surface area contributed by atoms with Crippen molar-refractivity contribution in [2.45, 2.75) is 31.9 Å². The van der Waals surface area contributed by atoms with Crippen LogP contribution in [0.3, 0.4) is 0 Å². The summed E-state index contributed by atoms with van der Waals surface area (Å²) >= 11 is 0. The number of nitrogens with one attached hydrogen (secondary N) is 1. The van der Waals surface area contributed by atoms with Crippen LogP contribution in [0, 0.1) is 0 Å². The maximum atomic E-state index is 5.74. The van der Waals surface area contributed by atoms with Crippen molar-refractivity contribution in [3.05, 3.63) is 35.9 Å². The van der Waals surface area contributed by atoms with Gasteiger partial charge in [-0.1, -0.05) is 37.3 Å². The molecular formula is C13H19NO. The van der Waals surface area contributed by atoms with Crippen molar-refractivity contribution in [1.82, 2.24) is 5.32 Å². The standard InChI is InChI=1S/C13H19NO/c1-2-12-10-14-13(8-9-15-12)11-6-4-3-5-7-11/h3-7,12-14H,2,8-10H2,1H3. The van der Waals surface area contributed by atoms with E-state index < -0.39 is 0 Å². The van der Waals surface area contributed by atoms with Gasteiger partial charge in [-0.2, -0.15) is 0 Å². The van der Waals surface area contributed by atoms with E-state index >= 15 is 0 Å². The van der Waals surface area contributed by atoms with Gasteiger partial charge in [0, 0.05) is 19.2 Å². The van der Waals surface area contributed by atoms with Gasteiger partial charge in [-0.3, -0.25) is 0 Å². The Morgan fingerprint density at radius 1 is 1.33 bits per heavy atom. The van der Waals surface area contributed by atoms with Crippen LogP contribution in [-0.2, 0) is 4.74 Å². The van der Waals surface area contributed by atoms with Gasteiger partial charge in [-0.25, -0.2) is 0 Å². The van der Waals surface area contributed by atoms with Crippen molar-refractivity contribution >= 4 is 0 Å². The highest BCUT2D eigenvalue weighted by molar-refractivity contribution is 5.18. The number of hydrogen-bond acceptors (Lipinski definition) is 2. The van der Waals surface area contributed by atoms with Gasteiger partial charge in [0.2, 0.25) is 0 Å². The van der Waals surface area contributed by atoms with Gasteiger partial charge in [0.25, 0.3) is 0 Å². The van der Waals surface area contributed by atoms with Crippen LogP contribution in [0.2, 0.25) is 0 Å². The predicted octanol–water partition coefficient (Wildman–Crippen LogP) is 2.52. The average Bonchev–Trinajstić information content (AvgIpc) is 2.55. The molecule has 2 rings (SSSR count). The zero-order valence-corrected chi connectivity index (χ0v) is 9.28. The zero-order valence-electron chi connectivity index (χ0n) is 9.28. The van der Waals surface area contributed by atoms with E-state index in [2.05, 4.69) is 42.6 Å². The van der Waals surface area contributed by atoms with E-state index in [0.29, 0.717) is 12.1 Å². The minimum absolute atomic E-state index is 0.388. The quantitative estimate of drug-likeness (QED) is 0.801. The van der Waals surface area contributed by atoms with E-state index in [-0.39, 0.29) is 0 Å². The lowest BCUT2D eigenvalue weighted by molar-refractivity contribution is 0.0642. The van der Waals surface area contributed by atoms with E-state index in [0.717, 1.165) is 26.0 Å². The molecule has 2 heteroatoms. The van der Waals surface area contributed by atoms with Gasteiger partial charge in [0.05, 0.1) is 6.10 Å². The third-order valence-electron chi connectivity index (χ3n) is 3.01. The molecule has 2 atom stereocenters. The third kappa shape index (κ3) is 2.80. The molecule has 0 amide bonds. The Hall–Kier alpha value is -0.860. The second-order valence-electron chi connectivity index (χ2n) is 4.06. The van der Waals surface area contributed by atoms with Crippen LogP contribution in [0.15, 0.2) is 30.3 Å². The van der Waals surface area contributed by atoms with Gasteiger partial charge in [-0.15, -0.1) is 0 Å². The Morgan fingerprint density at radius 3 is 2.87 bits per heavy atom. The first-order valence-corrected chi connectivity index (χ1v) is 5.80. The maximum Gasteiger partial charge on any atom is 0.0697 e. The normalized spacial score (nSPS) is 27.3. The lowest BCUT2D eigenvalue weighted by Gasteiger charge is -2.16. The van der Waals surface area contributed by atoms with Crippen LogP contribution < -0.4 is 5.32 Å². The van der Waals surface area contributed by atoms with Crippen LogP contribution in [0.1, 0.15) is 31.4 Å². The minimum atomic E-state index is 0.388. The molecule has 15 heavy (non-hydrogen) atoms. The Morgan fingerprint density at radius 2 is 2.13 bits per heavy atom. The summed E-state index contributed by atoms with van der Waals surface area (Å²) in [6.45, 7) is 4.01. The molecule has 0 bridgehead atoms. The largest absolute Gasteiger partial charge is 0.377 e. The fourth-order valence-corrected chi connectivity index (χ4v) is 2.02. The summed E-state index contributed by atoms with van der Waals surface area (Å²) < 4.78 is 5.74. The molecule has 1 heterocycles. The lowest BCUT2D eigenvalue weighted by Crippen LogP contribution is -2.27. The van der Waals surface area contributed by atoms with Crippen molar-refractivity contribution in [3.63, 3.8) is 0 Å². The molecule has 82 valence electrons. The fraction of sp³-hybridized carbons (Fsp3) is 0.538. The molecule has 0 radical (unpaired) electrons. The first kappa shape index (κ1) is 10.7. The van der Waals surface area contributed by atoms with Gasteiger partial charge in [0.1, 0.15) is 0 Å². The van der Waals surface area contributed by atoms with Crippen LogP contribution in [0.4, 0.5) is 0 Å². The molecule has 1 aromatic carbocycles. The third-order valence-corrected chi connectivity index (χ3v) is 3.01. The first-order chi connectivity index (χ1) is 7.40. The van der Waals surface area contributed by atoms with E-state index in [9.17, 15) is 0 Å².